The lowest BCUT2D eigenvalue weighted by Crippen LogP contribution is -2.29. The number of rotatable bonds is 6. The number of benzene rings is 1. The van der Waals surface area contributed by atoms with Gasteiger partial charge in [0.05, 0.1) is 18.7 Å². The average molecular weight is 296 g/mol. The molecular formula is C14H20N2O3S. The number of hydrogen-bond acceptors (Lipinski definition) is 4. The lowest BCUT2D eigenvalue weighted by atomic mass is 10.1. The van der Waals surface area contributed by atoms with E-state index in [9.17, 15) is 9.00 Å². The van der Waals surface area contributed by atoms with Crippen LogP contribution in [0.5, 0.6) is 5.75 Å². The Morgan fingerprint density at radius 1 is 1.35 bits per heavy atom. The predicted octanol–water partition coefficient (Wildman–Crippen LogP) is 1.26. The first-order valence-electron chi connectivity index (χ1n) is 6.77. The van der Waals surface area contributed by atoms with Gasteiger partial charge >= 0.3 is 0 Å². The Morgan fingerprint density at radius 3 is 2.75 bits per heavy atom. The first-order chi connectivity index (χ1) is 9.65. The van der Waals surface area contributed by atoms with Crippen molar-refractivity contribution in [3.63, 3.8) is 0 Å². The van der Waals surface area contributed by atoms with Gasteiger partial charge in [0.1, 0.15) is 5.75 Å². The molecule has 1 aromatic rings. The summed E-state index contributed by atoms with van der Waals surface area (Å²) in [5.74, 6) is 1.86. The van der Waals surface area contributed by atoms with E-state index in [-0.39, 0.29) is 18.9 Å². The number of primary amides is 1. The van der Waals surface area contributed by atoms with E-state index >= 15 is 0 Å². The van der Waals surface area contributed by atoms with Crippen LogP contribution in [0.3, 0.4) is 0 Å². The van der Waals surface area contributed by atoms with E-state index in [0.29, 0.717) is 6.04 Å². The highest BCUT2D eigenvalue weighted by Crippen LogP contribution is 2.26. The number of anilines is 1. The Balaban J connectivity index is 1.93. The van der Waals surface area contributed by atoms with Gasteiger partial charge in [0.2, 0.25) is 5.91 Å². The summed E-state index contributed by atoms with van der Waals surface area (Å²) in [4.78, 5) is 10.7. The Morgan fingerprint density at radius 2 is 2.05 bits per heavy atom. The van der Waals surface area contributed by atoms with E-state index < -0.39 is 10.8 Å². The number of hydrogen-bond donors (Lipinski definition) is 2. The van der Waals surface area contributed by atoms with E-state index in [0.717, 1.165) is 35.8 Å². The van der Waals surface area contributed by atoms with Crippen molar-refractivity contribution in [2.75, 3.05) is 23.4 Å². The molecule has 20 heavy (non-hydrogen) atoms. The molecule has 1 fully saturated rings. The van der Waals surface area contributed by atoms with Gasteiger partial charge in [0, 0.05) is 28.3 Å². The van der Waals surface area contributed by atoms with E-state index in [1.54, 1.807) is 0 Å². The molecule has 2 rings (SSSR count). The minimum Gasteiger partial charge on any atom is -0.491 e. The fraction of sp³-hybridized carbons (Fsp3) is 0.500. The van der Waals surface area contributed by atoms with Crippen LogP contribution in [0.15, 0.2) is 24.3 Å². The van der Waals surface area contributed by atoms with Crippen molar-refractivity contribution < 1.29 is 13.7 Å². The van der Waals surface area contributed by atoms with Crippen LogP contribution in [0.1, 0.15) is 19.3 Å². The third kappa shape index (κ3) is 4.52. The minimum absolute atomic E-state index is 0.205. The minimum atomic E-state index is -0.657. The first kappa shape index (κ1) is 14.8. The van der Waals surface area contributed by atoms with Crippen molar-refractivity contribution >= 4 is 22.4 Å². The van der Waals surface area contributed by atoms with E-state index in [1.165, 1.54) is 0 Å². The second-order valence-electron chi connectivity index (χ2n) is 4.83. The second-order valence-corrected chi connectivity index (χ2v) is 6.52. The van der Waals surface area contributed by atoms with Crippen molar-refractivity contribution in [1.29, 1.82) is 0 Å². The number of para-hydroxylation sites is 2. The molecule has 5 nitrogen and oxygen atoms in total. The quantitative estimate of drug-likeness (QED) is 0.828. The second kappa shape index (κ2) is 7.28. The predicted molar refractivity (Wildman–Crippen MR) is 80.3 cm³/mol. The molecule has 0 aromatic heterocycles. The van der Waals surface area contributed by atoms with Gasteiger partial charge in [-0.05, 0) is 25.0 Å². The van der Waals surface area contributed by atoms with Gasteiger partial charge < -0.3 is 15.8 Å². The average Bonchev–Trinajstić information content (AvgIpc) is 2.43. The molecule has 1 aliphatic rings. The number of amides is 1. The molecule has 0 radical (unpaired) electrons. The van der Waals surface area contributed by atoms with E-state index in [4.69, 9.17) is 10.5 Å². The van der Waals surface area contributed by atoms with Crippen molar-refractivity contribution in [3.05, 3.63) is 24.3 Å². The van der Waals surface area contributed by atoms with E-state index in [1.807, 2.05) is 24.3 Å². The van der Waals surface area contributed by atoms with Crippen LogP contribution < -0.4 is 15.8 Å². The topological polar surface area (TPSA) is 81.4 Å². The zero-order chi connectivity index (χ0) is 14.4. The molecule has 0 aliphatic carbocycles. The third-order valence-corrected chi connectivity index (χ3v) is 4.62. The number of carbonyl (C=O) groups is 1. The normalized spacial score (nSPS) is 22.2. The molecule has 1 aromatic carbocycles. The molecule has 0 atom stereocenters. The Hall–Kier alpha value is -1.56. The summed E-state index contributed by atoms with van der Waals surface area (Å²) in [5.41, 5.74) is 6.01. The number of nitrogens with one attached hydrogen (secondary N) is 1. The van der Waals surface area contributed by atoms with Crippen LogP contribution in [0.2, 0.25) is 0 Å². The third-order valence-electron chi connectivity index (χ3n) is 3.24. The van der Waals surface area contributed by atoms with Crippen LogP contribution in [-0.2, 0) is 15.6 Å². The summed E-state index contributed by atoms with van der Waals surface area (Å²) < 4.78 is 16.9. The number of nitrogens with two attached hydrogens (primary N) is 1. The van der Waals surface area contributed by atoms with Crippen LogP contribution in [-0.4, -0.2) is 34.3 Å². The Kier molecular flexibility index (Phi) is 5.40. The van der Waals surface area contributed by atoms with Crippen molar-refractivity contribution in [2.45, 2.75) is 25.3 Å². The molecule has 1 amide bonds. The van der Waals surface area contributed by atoms with E-state index in [2.05, 4.69) is 5.32 Å². The molecule has 0 spiro atoms. The van der Waals surface area contributed by atoms with Gasteiger partial charge in [-0.2, -0.15) is 0 Å². The smallest absolute Gasteiger partial charge is 0.220 e. The van der Waals surface area contributed by atoms with Crippen molar-refractivity contribution in [1.82, 2.24) is 0 Å². The van der Waals surface area contributed by atoms with Crippen LogP contribution in [0.25, 0.3) is 0 Å². The summed E-state index contributed by atoms with van der Waals surface area (Å²) in [7, 11) is -0.657. The van der Waals surface area contributed by atoms with Crippen LogP contribution in [0.4, 0.5) is 5.69 Å². The summed E-state index contributed by atoms with van der Waals surface area (Å²) >= 11 is 0. The van der Waals surface area contributed by atoms with Crippen molar-refractivity contribution in [3.8, 4) is 5.75 Å². The Labute approximate surface area is 121 Å². The summed E-state index contributed by atoms with van der Waals surface area (Å²) in [6.07, 6.45) is 2.02. The molecule has 6 heteroatoms. The standard InChI is InChI=1S/C14H20N2O3S/c15-14(17)5-8-19-13-4-2-1-3-12(13)16-11-6-9-20(18)10-7-11/h1-4,11,16H,5-10H2,(H2,15,17). The summed E-state index contributed by atoms with van der Waals surface area (Å²) in [6, 6.07) is 7.97. The maximum atomic E-state index is 11.3. The zero-order valence-corrected chi connectivity index (χ0v) is 12.2. The van der Waals surface area contributed by atoms with Gasteiger partial charge in [-0.3, -0.25) is 9.00 Å². The highest BCUT2D eigenvalue weighted by atomic mass is 32.2. The van der Waals surface area contributed by atoms with Crippen molar-refractivity contribution in [2.24, 2.45) is 5.73 Å². The first-order valence-corrected chi connectivity index (χ1v) is 8.25. The molecule has 1 saturated heterocycles. The fourth-order valence-corrected chi connectivity index (χ4v) is 3.43. The Bertz CT molecular complexity index is 483. The fourth-order valence-electron chi connectivity index (χ4n) is 2.13. The van der Waals surface area contributed by atoms with Gasteiger partial charge in [-0.1, -0.05) is 12.1 Å². The summed E-state index contributed by atoms with van der Waals surface area (Å²) in [5, 5.41) is 3.43. The van der Waals surface area contributed by atoms with Gasteiger partial charge in [-0.15, -0.1) is 0 Å². The number of carbonyl (C=O) groups excluding carboxylic acids is 1. The van der Waals surface area contributed by atoms with Crippen LogP contribution >= 0.6 is 0 Å². The highest BCUT2D eigenvalue weighted by molar-refractivity contribution is 7.85. The lowest BCUT2D eigenvalue weighted by molar-refractivity contribution is -0.118. The molecule has 3 N–H and O–H groups in total. The number of ether oxygens (including phenoxy) is 1. The molecule has 110 valence electrons. The zero-order valence-electron chi connectivity index (χ0n) is 11.3. The maximum absolute atomic E-state index is 11.3. The summed E-state index contributed by atoms with van der Waals surface area (Å²) in [6.45, 7) is 0.280. The maximum Gasteiger partial charge on any atom is 0.220 e. The SMILES string of the molecule is NC(=O)CCOc1ccccc1NC1CCS(=O)CC1. The van der Waals surface area contributed by atoms with Crippen LogP contribution in [0, 0.1) is 0 Å². The molecular weight excluding hydrogens is 276 g/mol. The molecule has 0 saturated carbocycles. The monoisotopic (exact) mass is 296 g/mol. The molecule has 0 bridgehead atoms. The molecule has 1 aliphatic heterocycles. The largest absolute Gasteiger partial charge is 0.491 e. The highest BCUT2D eigenvalue weighted by Gasteiger charge is 2.18. The van der Waals surface area contributed by atoms with Gasteiger partial charge in [0.15, 0.2) is 0 Å². The van der Waals surface area contributed by atoms with Gasteiger partial charge in [0.25, 0.3) is 0 Å². The molecule has 0 unspecified atom stereocenters. The lowest BCUT2D eigenvalue weighted by Gasteiger charge is -2.24. The van der Waals surface area contributed by atoms with Gasteiger partial charge in [-0.25, -0.2) is 0 Å². The molecule has 1 heterocycles.